The molecular weight excluding hydrogens is 376 g/mol. The fourth-order valence-corrected chi connectivity index (χ4v) is 3.90. The predicted octanol–water partition coefficient (Wildman–Crippen LogP) is 3.75. The number of ether oxygens (including phenoxy) is 1. The van der Waals surface area contributed by atoms with E-state index in [-0.39, 0.29) is 24.3 Å². The summed E-state index contributed by atoms with van der Waals surface area (Å²) in [6, 6.07) is 26.6. The van der Waals surface area contributed by atoms with Gasteiger partial charge in [0, 0.05) is 24.7 Å². The maximum Gasteiger partial charge on any atom is 0.232 e. The maximum atomic E-state index is 13.3. The highest BCUT2D eigenvalue weighted by atomic mass is 16.5. The number of nitrogens with zero attached hydrogens (tertiary/aromatic N) is 1. The van der Waals surface area contributed by atoms with E-state index in [1.807, 2.05) is 84.9 Å². The molecule has 0 saturated carbocycles. The van der Waals surface area contributed by atoms with E-state index >= 15 is 0 Å². The molecule has 152 valence electrons. The lowest BCUT2D eigenvalue weighted by molar-refractivity contribution is -0.122. The van der Waals surface area contributed by atoms with Crippen LogP contribution in [0.4, 0.5) is 5.69 Å². The number of hydrogen-bond acceptors (Lipinski definition) is 3. The van der Waals surface area contributed by atoms with Crippen molar-refractivity contribution in [1.29, 1.82) is 0 Å². The second-order valence-corrected chi connectivity index (χ2v) is 7.37. The van der Waals surface area contributed by atoms with Crippen LogP contribution >= 0.6 is 0 Å². The van der Waals surface area contributed by atoms with Gasteiger partial charge in [-0.05, 0) is 23.3 Å². The Morgan fingerprint density at radius 3 is 2.20 bits per heavy atom. The molecule has 0 aliphatic carbocycles. The van der Waals surface area contributed by atoms with E-state index in [0.717, 1.165) is 16.8 Å². The molecule has 4 rings (SSSR count). The fraction of sp³-hybridized carbons (Fsp3) is 0.200. The van der Waals surface area contributed by atoms with Crippen LogP contribution < -0.4 is 15.0 Å². The number of benzene rings is 3. The van der Waals surface area contributed by atoms with Crippen molar-refractivity contribution in [2.45, 2.75) is 18.4 Å². The molecule has 0 bridgehead atoms. The lowest BCUT2D eigenvalue weighted by atomic mass is 9.90. The minimum Gasteiger partial charge on any atom is -0.497 e. The van der Waals surface area contributed by atoms with Gasteiger partial charge in [0.05, 0.1) is 19.1 Å². The van der Waals surface area contributed by atoms with E-state index in [2.05, 4.69) is 5.32 Å². The average molecular weight is 400 g/mol. The number of nitrogens with one attached hydrogen (secondary N) is 1. The lowest BCUT2D eigenvalue weighted by Crippen LogP contribution is -2.40. The number of rotatable bonds is 6. The van der Waals surface area contributed by atoms with Crippen molar-refractivity contribution in [3.63, 3.8) is 0 Å². The second-order valence-electron chi connectivity index (χ2n) is 7.37. The monoisotopic (exact) mass is 400 g/mol. The van der Waals surface area contributed by atoms with Gasteiger partial charge in [-0.25, -0.2) is 0 Å². The Bertz CT molecular complexity index is 981. The summed E-state index contributed by atoms with van der Waals surface area (Å²) in [6.07, 6.45) is 0.277. The highest BCUT2D eigenvalue weighted by molar-refractivity contribution is 5.97. The number of carbonyl (C=O) groups excluding carboxylic acids is 2. The normalized spacial score (nSPS) is 16.0. The molecule has 1 saturated heterocycles. The fourth-order valence-electron chi connectivity index (χ4n) is 3.90. The molecule has 5 nitrogen and oxygen atoms in total. The van der Waals surface area contributed by atoms with E-state index in [0.29, 0.717) is 12.3 Å². The smallest absolute Gasteiger partial charge is 0.232 e. The van der Waals surface area contributed by atoms with Crippen molar-refractivity contribution < 1.29 is 14.3 Å². The van der Waals surface area contributed by atoms with Gasteiger partial charge in [-0.3, -0.25) is 9.59 Å². The van der Waals surface area contributed by atoms with Crippen LogP contribution in [0.25, 0.3) is 0 Å². The topological polar surface area (TPSA) is 58.6 Å². The van der Waals surface area contributed by atoms with Crippen LogP contribution in [0.2, 0.25) is 0 Å². The first-order valence-corrected chi connectivity index (χ1v) is 10.0. The minimum atomic E-state index is -0.423. The number of anilines is 1. The molecule has 30 heavy (non-hydrogen) atoms. The largest absolute Gasteiger partial charge is 0.497 e. The lowest BCUT2D eigenvalue weighted by Gasteiger charge is -2.21. The summed E-state index contributed by atoms with van der Waals surface area (Å²) >= 11 is 0. The molecule has 1 N–H and O–H groups in total. The second kappa shape index (κ2) is 8.82. The quantitative estimate of drug-likeness (QED) is 0.686. The molecule has 3 aromatic carbocycles. The zero-order valence-corrected chi connectivity index (χ0v) is 16.8. The first-order valence-electron chi connectivity index (χ1n) is 10.0. The zero-order valence-electron chi connectivity index (χ0n) is 16.8. The highest BCUT2D eigenvalue weighted by Gasteiger charge is 2.33. The zero-order chi connectivity index (χ0) is 20.9. The SMILES string of the molecule is COc1cccc(N2C[C@H](NC(=O)C(c3ccccc3)c3ccccc3)CC2=O)c1. The first-order chi connectivity index (χ1) is 14.7. The Hall–Kier alpha value is -3.60. The van der Waals surface area contributed by atoms with Crippen LogP contribution in [-0.4, -0.2) is 31.5 Å². The van der Waals surface area contributed by atoms with E-state index in [1.165, 1.54) is 0 Å². The van der Waals surface area contributed by atoms with Crippen LogP contribution in [0.5, 0.6) is 5.75 Å². The van der Waals surface area contributed by atoms with Gasteiger partial charge in [0.25, 0.3) is 0 Å². The molecular formula is C25H24N2O3. The van der Waals surface area contributed by atoms with Crippen molar-refractivity contribution in [2.24, 2.45) is 0 Å². The average Bonchev–Trinajstić information content (AvgIpc) is 3.15. The number of hydrogen-bond donors (Lipinski definition) is 1. The van der Waals surface area contributed by atoms with Crippen molar-refractivity contribution in [3.05, 3.63) is 96.1 Å². The Morgan fingerprint density at radius 2 is 1.60 bits per heavy atom. The molecule has 1 aliphatic heterocycles. The molecule has 5 heteroatoms. The number of carbonyl (C=O) groups is 2. The molecule has 0 spiro atoms. The Labute approximate surface area is 176 Å². The number of amides is 2. The summed E-state index contributed by atoms with van der Waals surface area (Å²) in [7, 11) is 1.60. The van der Waals surface area contributed by atoms with Crippen molar-refractivity contribution in [1.82, 2.24) is 5.32 Å². The molecule has 3 aromatic rings. The van der Waals surface area contributed by atoms with Gasteiger partial charge in [-0.2, -0.15) is 0 Å². The Balaban J connectivity index is 1.52. The molecule has 1 atom stereocenters. The third kappa shape index (κ3) is 4.20. The maximum absolute atomic E-state index is 13.3. The molecule has 0 aromatic heterocycles. The van der Waals surface area contributed by atoms with E-state index in [1.54, 1.807) is 12.0 Å². The van der Waals surface area contributed by atoms with E-state index in [4.69, 9.17) is 4.74 Å². The third-order valence-corrected chi connectivity index (χ3v) is 5.36. The minimum absolute atomic E-state index is 0.00970. The van der Waals surface area contributed by atoms with Crippen molar-refractivity contribution in [3.8, 4) is 5.75 Å². The van der Waals surface area contributed by atoms with Gasteiger partial charge < -0.3 is 15.0 Å². The summed E-state index contributed by atoms with van der Waals surface area (Å²) in [6.45, 7) is 0.439. The van der Waals surface area contributed by atoms with Gasteiger partial charge in [0.2, 0.25) is 11.8 Å². The van der Waals surface area contributed by atoms with Crippen molar-refractivity contribution in [2.75, 3.05) is 18.6 Å². The standard InChI is InChI=1S/C25H24N2O3/c1-30-22-14-8-13-21(16-22)27-17-20(15-23(27)28)26-25(29)24(18-9-4-2-5-10-18)19-11-6-3-7-12-19/h2-14,16,20,24H,15,17H2,1H3,(H,26,29)/t20-/m1/s1. The molecule has 1 fully saturated rings. The van der Waals surface area contributed by atoms with E-state index < -0.39 is 5.92 Å². The summed E-state index contributed by atoms with van der Waals surface area (Å²) in [5, 5.41) is 3.10. The first kappa shape index (κ1) is 19.7. The summed E-state index contributed by atoms with van der Waals surface area (Å²) in [5.41, 5.74) is 2.63. The van der Waals surface area contributed by atoms with Crippen molar-refractivity contribution >= 4 is 17.5 Å². The molecule has 0 unspecified atom stereocenters. The van der Waals surface area contributed by atoms with Crippen LogP contribution in [-0.2, 0) is 9.59 Å². The summed E-state index contributed by atoms with van der Waals surface area (Å²) < 4.78 is 5.26. The van der Waals surface area contributed by atoms with Gasteiger partial charge in [0.15, 0.2) is 0 Å². The van der Waals surface area contributed by atoms with Gasteiger partial charge in [-0.15, -0.1) is 0 Å². The third-order valence-electron chi connectivity index (χ3n) is 5.36. The Kier molecular flexibility index (Phi) is 5.80. The number of methoxy groups -OCH3 is 1. The van der Waals surface area contributed by atoms with Gasteiger partial charge in [0.1, 0.15) is 5.75 Å². The highest BCUT2D eigenvalue weighted by Crippen LogP contribution is 2.28. The summed E-state index contributed by atoms with van der Waals surface area (Å²) in [4.78, 5) is 27.6. The van der Waals surface area contributed by atoms with Crippen LogP contribution in [0, 0.1) is 0 Å². The van der Waals surface area contributed by atoms with E-state index in [9.17, 15) is 9.59 Å². The predicted molar refractivity (Wildman–Crippen MR) is 117 cm³/mol. The molecule has 1 heterocycles. The van der Waals surface area contributed by atoms with Gasteiger partial charge >= 0.3 is 0 Å². The molecule has 2 amide bonds. The Morgan fingerprint density at radius 1 is 0.967 bits per heavy atom. The van der Waals surface area contributed by atoms with Crippen LogP contribution in [0.3, 0.4) is 0 Å². The van der Waals surface area contributed by atoms with Crippen LogP contribution in [0.1, 0.15) is 23.5 Å². The summed E-state index contributed by atoms with van der Waals surface area (Å²) in [5.74, 6) is 0.164. The molecule has 1 aliphatic rings. The molecule has 0 radical (unpaired) electrons. The van der Waals surface area contributed by atoms with Gasteiger partial charge in [-0.1, -0.05) is 66.7 Å². The van der Waals surface area contributed by atoms with Crippen LogP contribution in [0.15, 0.2) is 84.9 Å².